The summed E-state index contributed by atoms with van der Waals surface area (Å²) in [6.45, 7) is 2.12. The molecule has 0 saturated heterocycles. The average molecular weight is 380 g/mol. The molecule has 0 aromatic heterocycles. The molecule has 8 heteroatoms. The summed E-state index contributed by atoms with van der Waals surface area (Å²) in [6.07, 6.45) is 1.56. The van der Waals surface area contributed by atoms with E-state index >= 15 is 0 Å². The fourth-order valence-corrected chi connectivity index (χ4v) is 3.61. The summed E-state index contributed by atoms with van der Waals surface area (Å²) < 4.78 is 38.0. The predicted octanol–water partition coefficient (Wildman–Crippen LogP) is 1.44. The van der Waals surface area contributed by atoms with Crippen molar-refractivity contribution in [2.45, 2.75) is 16.7 Å². The third-order valence-corrected chi connectivity index (χ3v) is 5.90. The Kier molecular flexibility index (Phi) is 6.46. The molecule has 0 aliphatic carbocycles. The van der Waals surface area contributed by atoms with Gasteiger partial charge in [-0.25, -0.2) is 13.1 Å². The molecule has 2 N–H and O–H groups in total. The highest BCUT2D eigenvalue weighted by Gasteiger charge is 2.13. The number of nitrogens with one attached hydrogen (secondary N) is 2. The molecule has 0 spiro atoms. The van der Waals surface area contributed by atoms with Crippen molar-refractivity contribution in [2.75, 3.05) is 19.3 Å². The Labute approximate surface area is 150 Å². The molecule has 0 saturated carbocycles. The summed E-state index contributed by atoms with van der Waals surface area (Å²) >= 11 is 0. The second-order valence-corrected chi connectivity index (χ2v) is 8.59. The van der Waals surface area contributed by atoms with E-state index in [1.54, 1.807) is 42.7 Å². The molecule has 1 amide bonds. The molecule has 2 rings (SSSR count). The van der Waals surface area contributed by atoms with Crippen LogP contribution in [0.4, 0.5) is 0 Å². The van der Waals surface area contributed by atoms with Crippen molar-refractivity contribution in [3.05, 3.63) is 59.7 Å². The van der Waals surface area contributed by atoms with Gasteiger partial charge in [0.2, 0.25) is 10.0 Å². The van der Waals surface area contributed by atoms with Gasteiger partial charge in [0.05, 0.1) is 4.90 Å². The summed E-state index contributed by atoms with van der Waals surface area (Å²) in [4.78, 5) is 12.8. The fraction of sp³-hybridized carbons (Fsp3) is 0.235. The maximum absolute atomic E-state index is 12.1. The van der Waals surface area contributed by atoms with Crippen LogP contribution >= 0.6 is 0 Å². The van der Waals surface area contributed by atoms with Crippen LogP contribution in [0.2, 0.25) is 0 Å². The topological polar surface area (TPSA) is 92.3 Å². The molecule has 25 heavy (non-hydrogen) atoms. The minimum Gasteiger partial charge on any atom is -0.351 e. The van der Waals surface area contributed by atoms with Crippen LogP contribution in [0.1, 0.15) is 15.9 Å². The van der Waals surface area contributed by atoms with E-state index < -0.39 is 20.8 Å². The number of hydrogen-bond acceptors (Lipinski definition) is 4. The molecule has 134 valence electrons. The van der Waals surface area contributed by atoms with Crippen LogP contribution in [0.5, 0.6) is 0 Å². The summed E-state index contributed by atoms with van der Waals surface area (Å²) in [7, 11) is -4.69. The molecule has 0 bridgehead atoms. The first-order valence-corrected chi connectivity index (χ1v) is 10.6. The lowest BCUT2D eigenvalue weighted by Gasteiger charge is -2.08. The molecule has 1 atom stereocenters. The lowest BCUT2D eigenvalue weighted by atomic mass is 10.2. The van der Waals surface area contributed by atoms with Crippen molar-refractivity contribution in [3.8, 4) is 0 Å². The fourth-order valence-electron chi connectivity index (χ4n) is 2.06. The predicted molar refractivity (Wildman–Crippen MR) is 97.5 cm³/mol. The molecule has 0 fully saturated rings. The van der Waals surface area contributed by atoms with Crippen LogP contribution in [0.25, 0.3) is 0 Å². The number of carbonyl (C=O) groups excluding carboxylic acids is 1. The minimum absolute atomic E-state index is 0.0824. The monoisotopic (exact) mass is 380 g/mol. The van der Waals surface area contributed by atoms with Crippen molar-refractivity contribution in [1.82, 2.24) is 10.0 Å². The number of carbonyl (C=O) groups is 1. The van der Waals surface area contributed by atoms with E-state index in [1.165, 1.54) is 12.1 Å². The van der Waals surface area contributed by atoms with Crippen LogP contribution < -0.4 is 10.0 Å². The van der Waals surface area contributed by atoms with Gasteiger partial charge in [-0.05, 0) is 43.3 Å². The molecular weight excluding hydrogens is 360 g/mol. The standard InChI is InChI=1S/C17H20N2O4S2/c1-13-3-9-16(10-4-13)25(22,23)19-12-11-18-17(20)14-5-7-15(8-6-14)24(2)21/h3-10,19H,11-12H2,1-2H3,(H,18,20). The normalized spacial score (nSPS) is 12.6. The van der Waals surface area contributed by atoms with Crippen LogP contribution in [0.3, 0.4) is 0 Å². The molecule has 1 unspecified atom stereocenters. The Balaban J connectivity index is 1.84. The molecule has 6 nitrogen and oxygen atoms in total. The molecule has 0 heterocycles. The van der Waals surface area contributed by atoms with Gasteiger partial charge in [-0.1, -0.05) is 17.7 Å². The van der Waals surface area contributed by atoms with Crippen molar-refractivity contribution in [1.29, 1.82) is 0 Å². The highest BCUT2D eigenvalue weighted by Crippen LogP contribution is 2.09. The quantitative estimate of drug-likeness (QED) is 0.711. The number of hydrogen-bond donors (Lipinski definition) is 2. The van der Waals surface area contributed by atoms with E-state index in [0.29, 0.717) is 10.5 Å². The first-order chi connectivity index (χ1) is 11.8. The minimum atomic E-state index is -3.59. The van der Waals surface area contributed by atoms with Crippen LogP contribution in [-0.4, -0.2) is 37.9 Å². The number of rotatable bonds is 7. The van der Waals surface area contributed by atoms with Gasteiger partial charge in [0.25, 0.3) is 5.91 Å². The van der Waals surface area contributed by atoms with E-state index in [4.69, 9.17) is 0 Å². The first-order valence-electron chi connectivity index (χ1n) is 7.57. The Hall–Kier alpha value is -2.03. The van der Waals surface area contributed by atoms with E-state index in [-0.39, 0.29) is 23.9 Å². The lowest BCUT2D eigenvalue weighted by Crippen LogP contribution is -2.34. The van der Waals surface area contributed by atoms with Gasteiger partial charge in [0, 0.05) is 40.6 Å². The van der Waals surface area contributed by atoms with Gasteiger partial charge in [-0.2, -0.15) is 0 Å². The Bertz CT molecular complexity index is 861. The van der Waals surface area contributed by atoms with E-state index in [0.717, 1.165) is 5.56 Å². The van der Waals surface area contributed by atoms with Crippen LogP contribution in [-0.2, 0) is 20.8 Å². The number of benzene rings is 2. The Morgan fingerprint density at radius 2 is 1.60 bits per heavy atom. The molecule has 0 radical (unpaired) electrons. The van der Waals surface area contributed by atoms with E-state index in [1.807, 2.05) is 6.92 Å². The van der Waals surface area contributed by atoms with Crippen molar-refractivity contribution >= 4 is 26.7 Å². The summed E-state index contributed by atoms with van der Waals surface area (Å²) in [5.41, 5.74) is 1.40. The summed E-state index contributed by atoms with van der Waals surface area (Å²) in [5, 5.41) is 2.64. The zero-order valence-corrected chi connectivity index (χ0v) is 15.6. The van der Waals surface area contributed by atoms with Gasteiger partial charge < -0.3 is 5.32 Å². The van der Waals surface area contributed by atoms with Gasteiger partial charge in [0.15, 0.2) is 0 Å². The lowest BCUT2D eigenvalue weighted by molar-refractivity contribution is 0.0954. The number of sulfonamides is 1. The van der Waals surface area contributed by atoms with Crippen LogP contribution in [0, 0.1) is 6.92 Å². The highest BCUT2D eigenvalue weighted by atomic mass is 32.2. The number of aryl methyl sites for hydroxylation is 1. The van der Waals surface area contributed by atoms with Crippen molar-refractivity contribution in [2.24, 2.45) is 0 Å². The second kappa shape index (κ2) is 8.37. The van der Waals surface area contributed by atoms with Gasteiger partial charge in [0.1, 0.15) is 0 Å². The van der Waals surface area contributed by atoms with Crippen molar-refractivity contribution < 1.29 is 17.4 Å². The zero-order chi connectivity index (χ0) is 18.4. The van der Waals surface area contributed by atoms with Gasteiger partial charge in [-0.3, -0.25) is 9.00 Å². The van der Waals surface area contributed by atoms with Crippen LogP contribution in [0.15, 0.2) is 58.3 Å². The SMILES string of the molecule is Cc1ccc(S(=O)(=O)NCCNC(=O)c2ccc(S(C)=O)cc2)cc1. The zero-order valence-electron chi connectivity index (χ0n) is 14.0. The number of amides is 1. The molecule has 2 aromatic rings. The average Bonchev–Trinajstić information content (AvgIpc) is 2.59. The Morgan fingerprint density at radius 3 is 2.16 bits per heavy atom. The van der Waals surface area contributed by atoms with Crippen molar-refractivity contribution in [3.63, 3.8) is 0 Å². The molecule has 0 aliphatic heterocycles. The smallest absolute Gasteiger partial charge is 0.251 e. The van der Waals surface area contributed by atoms with Gasteiger partial charge >= 0.3 is 0 Å². The summed E-state index contributed by atoms with van der Waals surface area (Å²) in [6, 6.07) is 13.0. The first kappa shape index (κ1) is 19.3. The molecule has 2 aromatic carbocycles. The molecular formula is C17H20N2O4S2. The molecule has 0 aliphatic rings. The highest BCUT2D eigenvalue weighted by molar-refractivity contribution is 7.89. The maximum Gasteiger partial charge on any atom is 0.251 e. The van der Waals surface area contributed by atoms with E-state index in [2.05, 4.69) is 10.0 Å². The second-order valence-electron chi connectivity index (χ2n) is 5.45. The summed E-state index contributed by atoms with van der Waals surface area (Å²) in [5.74, 6) is -0.317. The Morgan fingerprint density at radius 1 is 1.00 bits per heavy atom. The third-order valence-electron chi connectivity index (χ3n) is 3.48. The maximum atomic E-state index is 12.1. The van der Waals surface area contributed by atoms with Gasteiger partial charge in [-0.15, -0.1) is 0 Å². The third kappa shape index (κ3) is 5.48. The van der Waals surface area contributed by atoms with E-state index in [9.17, 15) is 17.4 Å². The largest absolute Gasteiger partial charge is 0.351 e.